The molecule has 0 amide bonds. The zero-order valence-electron chi connectivity index (χ0n) is 8.52. The molecule has 0 aliphatic rings. The topological polar surface area (TPSA) is 63.8 Å². The van der Waals surface area contributed by atoms with Crippen molar-refractivity contribution in [2.75, 3.05) is 11.1 Å². The predicted molar refractivity (Wildman–Crippen MR) is 65.2 cm³/mol. The molecular weight excluding hydrogens is 224 g/mol. The second-order valence-electron chi connectivity index (χ2n) is 3.31. The summed E-state index contributed by atoms with van der Waals surface area (Å²) in [6.07, 6.45) is 1.64. The lowest BCUT2D eigenvalue weighted by atomic mass is 10.2. The maximum absolute atomic E-state index is 6.02. The monoisotopic (exact) mass is 234 g/mol. The standard InChI is InChI=1S/C11H11ClN4/c12-10-6-8(13)3-4-11(10)14-7-9-2-1-5-15-16-9/h1-6,14H,7,13H2. The molecule has 1 aromatic heterocycles. The molecule has 3 N–H and O–H groups in total. The lowest BCUT2D eigenvalue weighted by molar-refractivity contribution is 0.925. The van der Waals surface area contributed by atoms with E-state index in [0.717, 1.165) is 11.4 Å². The number of anilines is 2. The van der Waals surface area contributed by atoms with Crippen LogP contribution in [-0.2, 0) is 6.54 Å². The highest BCUT2D eigenvalue weighted by atomic mass is 35.5. The molecule has 0 saturated carbocycles. The van der Waals surface area contributed by atoms with Crippen LogP contribution in [0.25, 0.3) is 0 Å². The van der Waals surface area contributed by atoms with E-state index < -0.39 is 0 Å². The van der Waals surface area contributed by atoms with Crippen molar-refractivity contribution < 1.29 is 0 Å². The van der Waals surface area contributed by atoms with Crippen LogP contribution in [0.2, 0.25) is 5.02 Å². The van der Waals surface area contributed by atoms with Crippen LogP contribution in [0.1, 0.15) is 5.69 Å². The van der Waals surface area contributed by atoms with Gasteiger partial charge in [-0.15, -0.1) is 0 Å². The maximum Gasteiger partial charge on any atom is 0.0821 e. The minimum atomic E-state index is 0.581. The first-order valence-electron chi connectivity index (χ1n) is 4.81. The highest BCUT2D eigenvalue weighted by molar-refractivity contribution is 6.33. The van der Waals surface area contributed by atoms with Crippen molar-refractivity contribution >= 4 is 23.0 Å². The molecule has 1 heterocycles. The molecule has 0 unspecified atom stereocenters. The Morgan fingerprint density at radius 1 is 1.31 bits per heavy atom. The van der Waals surface area contributed by atoms with Crippen molar-refractivity contribution in [3.8, 4) is 0 Å². The number of nitrogen functional groups attached to an aromatic ring is 1. The van der Waals surface area contributed by atoms with Crippen LogP contribution < -0.4 is 11.1 Å². The second kappa shape index (κ2) is 4.81. The van der Waals surface area contributed by atoms with Crippen molar-refractivity contribution in [2.45, 2.75) is 6.54 Å². The van der Waals surface area contributed by atoms with Gasteiger partial charge in [0.1, 0.15) is 0 Å². The third-order valence-corrected chi connectivity index (χ3v) is 2.39. The van der Waals surface area contributed by atoms with E-state index >= 15 is 0 Å². The van der Waals surface area contributed by atoms with Gasteiger partial charge in [0.05, 0.1) is 22.9 Å². The van der Waals surface area contributed by atoms with Gasteiger partial charge in [0.25, 0.3) is 0 Å². The zero-order chi connectivity index (χ0) is 11.4. The summed E-state index contributed by atoms with van der Waals surface area (Å²) in [7, 11) is 0. The number of hydrogen-bond donors (Lipinski definition) is 2. The van der Waals surface area contributed by atoms with Gasteiger partial charge in [-0.1, -0.05) is 11.6 Å². The molecule has 0 fully saturated rings. The molecule has 82 valence electrons. The average molecular weight is 235 g/mol. The van der Waals surface area contributed by atoms with Gasteiger partial charge < -0.3 is 11.1 Å². The Morgan fingerprint density at radius 2 is 2.19 bits per heavy atom. The third kappa shape index (κ3) is 2.61. The molecule has 2 aromatic rings. The predicted octanol–water partition coefficient (Wildman–Crippen LogP) is 2.32. The summed E-state index contributed by atoms with van der Waals surface area (Å²) in [5.74, 6) is 0. The van der Waals surface area contributed by atoms with Crippen molar-refractivity contribution in [1.29, 1.82) is 0 Å². The summed E-state index contributed by atoms with van der Waals surface area (Å²) in [6, 6.07) is 9.08. The summed E-state index contributed by atoms with van der Waals surface area (Å²) >= 11 is 6.02. The van der Waals surface area contributed by atoms with Crippen LogP contribution in [0.4, 0.5) is 11.4 Å². The number of benzene rings is 1. The minimum Gasteiger partial charge on any atom is -0.399 e. The second-order valence-corrected chi connectivity index (χ2v) is 3.72. The van der Waals surface area contributed by atoms with Crippen LogP contribution in [-0.4, -0.2) is 10.2 Å². The average Bonchev–Trinajstić information content (AvgIpc) is 2.29. The first-order valence-corrected chi connectivity index (χ1v) is 5.19. The van der Waals surface area contributed by atoms with Crippen molar-refractivity contribution in [3.05, 3.63) is 47.2 Å². The smallest absolute Gasteiger partial charge is 0.0821 e. The van der Waals surface area contributed by atoms with Gasteiger partial charge in [0, 0.05) is 11.9 Å². The largest absolute Gasteiger partial charge is 0.399 e. The van der Waals surface area contributed by atoms with Crippen LogP contribution in [0, 0.1) is 0 Å². The molecule has 0 spiro atoms. The molecule has 0 atom stereocenters. The first kappa shape index (κ1) is 10.7. The van der Waals surface area contributed by atoms with Gasteiger partial charge in [0.15, 0.2) is 0 Å². The molecule has 0 saturated heterocycles. The van der Waals surface area contributed by atoms with E-state index in [4.69, 9.17) is 17.3 Å². The normalized spacial score (nSPS) is 10.1. The maximum atomic E-state index is 6.02. The van der Waals surface area contributed by atoms with E-state index in [1.807, 2.05) is 18.2 Å². The Bertz CT molecular complexity index is 473. The van der Waals surface area contributed by atoms with E-state index in [0.29, 0.717) is 17.3 Å². The SMILES string of the molecule is Nc1ccc(NCc2cccnn2)c(Cl)c1. The third-order valence-electron chi connectivity index (χ3n) is 2.08. The van der Waals surface area contributed by atoms with Crippen LogP contribution >= 0.6 is 11.6 Å². The van der Waals surface area contributed by atoms with Crippen molar-refractivity contribution in [2.24, 2.45) is 0 Å². The minimum absolute atomic E-state index is 0.581. The number of nitrogens with one attached hydrogen (secondary N) is 1. The van der Waals surface area contributed by atoms with Gasteiger partial charge >= 0.3 is 0 Å². The number of rotatable bonds is 3. The summed E-state index contributed by atoms with van der Waals surface area (Å²) in [5, 5.41) is 11.5. The van der Waals surface area contributed by atoms with Crippen LogP contribution in [0.3, 0.4) is 0 Å². The van der Waals surface area contributed by atoms with Crippen molar-refractivity contribution in [1.82, 2.24) is 10.2 Å². The molecule has 0 aliphatic heterocycles. The summed E-state index contributed by atoms with van der Waals surface area (Å²) < 4.78 is 0. The Hall–Kier alpha value is -1.81. The van der Waals surface area contributed by atoms with E-state index in [1.165, 1.54) is 0 Å². The summed E-state index contributed by atoms with van der Waals surface area (Å²) in [6.45, 7) is 0.581. The number of aromatic nitrogens is 2. The van der Waals surface area contributed by atoms with Gasteiger partial charge in [-0.2, -0.15) is 10.2 Å². The fraction of sp³-hybridized carbons (Fsp3) is 0.0909. The van der Waals surface area contributed by atoms with E-state index in [9.17, 15) is 0 Å². The molecule has 0 aliphatic carbocycles. The Labute approximate surface area is 98.5 Å². The van der Waals surface area contributed by atoms with E-state index in [-0.39, 0.29) is 0 Å². The molecule has 1 aromatic carbocycles. The van der Waals surface area contributed by atoms with Crippen LogP contribution in [0.5, 0.6) is 0 Å². The molecule has 0 radical (unpaired) electrons. The van der Waals surface area contributed by atoms with E-state index in [2.05, 4.69) is 15.5 Å². The molecular formula is C11H11ClN4. The number of hydrogen-bond acceptors (Lipinski definition) is 4. The van der Waals surface area contributed by atoms with Crippen molar-refractivity contribution in [3.63, 3.8) is 0 Å². The van der Waals surface area contributed by atoms with E-state index in [1.54, 1.807) is 18.3 Å². The fourth-order valence-electron chi connectivity index (χ4n) is 1.29. The number of halogens is 1. The lowest BCUT2D eigenvalue weighted by Gasteiger charge is -2.07. The van der Waals surface area contributed by atoms with Gasteiger partial charge in [-0.25, -0.2) is 0 Å². The highest BCUT2D eigenvalue weighted by Crippen LogP contribution is 2.24. The first-order chi connectivity index (χ1) is 7.75. The Balaban J connectivity index is 2.05. The van der Waals surface area contributed by atoms with Gasteiger partial charge in [-0.05, 0) is 30.3 Å². The quantitative estimate of drug-likeness (QED) is 0.800. The lowest BCUT2D eigenvalue weighted by Crippen LogP contribution is -2.02. The molecule has 5 heteroatoms. The van der Waals surface area contributed by atoms with Gasteiger partial charge in [0.2, 0.25) is 0 Å². The highest BCUT2D eigenvalue weighted by Gasteiger charge is 2.00. The number of nitrogens with zero attached hydrogens (tertiary/aromatic N) is 2. The fourth-order valence-corrected chi connectivity index (χ4v) is 1.54. The molecule has 4 nitrogen and oxygen atoms in total. The Kier molecular flexibility index (Phi) is 3.22. The molecule has 16 heavy (non-hydrogen) atoms. The number of nitrogens with two attached hydrogens (primary N) is 1. The molecule has 0 bridgehead atoms. The Morgan fingerprint density at radius 3 is 2.88 bits per heavy atom. The molecule has 2 rings (SSSR count). The zero-order valence-corrected chi connectivity index (χ0v) is 9.28. The van der Waals surface area contributed by atoms with Gasteiger partial charge in [-0.3, -0.25) is 0 Å². The van der Waals surface area contributed by atoms with Crippen LogP contribution in [0.15, 0.2) is 36.5 Å². The summed E-state index contributed by atoms with van der Waals surface area (Å²) in [4.78, 5) is 0. The summed E-state index contributed by atoms with van der Waals surface area (Å²) in [5.41, 5.74) is 7.94.